The molecule has 0 saturated heterocycles. The summed E-state index contributed by atoms with van der Waals surface area (Å²) in [4.78, 5) is 35.3. The van der Waals surface area contributed by atoms with E-state index in [9.17, 15) is 22.8 Å². The van der Waals surface area contributed by atoms with Gasteiger partial charge in [0.15, 0.2) is 12.4 Å². The number of anilines is 1. The molecule has 2 N–H and O–H groups in total. The fourth-order valence-electron chi connectivity index (χ4n) is 2.40. The number of hydrogen-bond donors (Lipinski definition) is 2. The number of ketones is 1. The van der Waals surface area contributed by atoms with Gasteiger partial charge in [-0.05, 0) is 56.2 Å². The summed E-state index contributed by atoms with van der Waals surface area (Å²) in [6, 6.07) is 11.0. The van der Waals surface area contributed by atoms with Crippen LogP contribution >= 0.6 is 0 Å². The van der Waals surface area contributed by atoms with Crippen molar-refractivity contribution < 1.29 is 27.5 Å². The largest absolute Gasteiger partial charge is 0.455 e. The Kier molecular flexibility index (Phi) is 7.24. The number of ether oxygens (including phenoxy) is 1. The second-order valence-corrected chi connectivity index (χ2v) is 8.15. The highest BCUT2D eigenvalue weighted by Gasteiger charge is 2.17. The Morgan fingerprint density at radius 1 is 1.00 bits per heavy atom. The normalized spacial score (nSPS) is 11.0. The predicted molar refractivity (Wildman–Crippen MR) is 107 cm³/mol. The zero-order valence-corrected chi connectivity index (χ0v) is 17.1. The van der Waals surface area contributed by atoms with Crippen molar-refractivity contribution in [3.8, 4) is 0 Å². The molecule has 2 aromatic rings. The molecule has 154 valence electrons. The summed E-state index contributed by atoms with van der Waals surface area (Å²) >= 11 is 0. The number of benzene rings is 2. The van der Waals surface area contributed by atoms with Gasteiger partial charge in [-0.1, -0.05) is 18.2 Å². The van der Waals surface area contributed by atoms with Crippen LogP contribution in [0.5, 0.6) is 0 Å². The Labute approximate surface area is 169 Å². The van der Waals surface area contributed by atoms with Gasteiger partial charge in [0.05, 0.1) is 10.6 Å². The van der Waals surface area contributed by atoms with E-state index in [0.29, 0.717) is 11.3 Å². The lowest BCUT2D eigenvalue weighted by Gasteiger charge is -2.10. The van der Waals surface area contributed by atoms with Crippen molar-refractivity contribution in [3.05, 3.63) is 59.2 Å². The topological polar surface area (TPSA) is 119 Å². The molecule has 0 bridgehead atoms. The molecule has 2 aromatic carbocycles. The van der Waals surface area contributed by atoms with Crippen LogP contribution in [0.25, 0.3) is 0 Å². The maximum Gasteiger partial charge on any atom is 0.321 e. The van der Waals surface area contributed by atoms with E-state index in [1.165, 1.54) is 19.1 Å². The van der Waals surface area contributed by atoms with Crippen molar-refractivity contribution in [1.29, 1.82) is 0 Å². The Morgan fingerprint density at radius 3 is 2.34 bits per heavy atom. The number of esters is 1. The first-order chi connectivity index (χ1) is 13.6. The molecule has 2 rings (SSSR count). The minimum absolute atomic E-state index is 0.0342. The molecule has 0 aliphatic rings. The first-order valence-electron chi connectivity index (χ1n) is 8.72. The SMILES string of the molecule is CC(=O)c1ccccc1NC(=O)COC(=O)CNS(=O)(=O)c1ccc(C)c(C)c1. The molecule has 0 atom stereocenters. The van der Waals surface area contributed by atoms with E-state index in [1.54, 1.807) is 37.3 Å². The third-order valence-corrected chi connectivity index (χ3v) is 5.54. The van der Waals surface area contributed by atoms with Gasteiger partial charge in [-0.15, -0.1) is 0 Å². The zero-order chi connectivity index (χ0) is 21.6. The van der Waals surface area contributed by atoms with Crippen molar-refractivity contribution in [2.45, 2.75) is 25.7 Å². The van der Waals surface area contributed by atoms with Crippen LogP contribution in [0.1, 0.15) is 28.4 Å². The monoisotopic (exact) mass is 418 g/mol. The minimum atomic E-state index is -3.89. The van der Waals surface area contributed by atoms with Gasteiger partial charge in [-0.3, -0.25) is 14.4 Å². The van der Waals surface area contributed by atoms with Crippen molar-refractivity contribution in [2.24, 2.45) is 0 Å². The van der Waals surface area contributed by atoms with E-state index in [2.05, 4.69) is 10.0 Å². The number of carbonyl (C=O) groups excluding carboxylic acids is 3. The number of amides is 1. The Hall–Kier alpha value is -3.04. The molecule has 0 heterocycles. The van der Waals surface area contributed by atoms with E-state index in [4.69, 9.17) is 4.74 Å². The van der Waals surface area contributed by atoms with Crippen LogP contribution < -0.4 is 10.0 Å². The van der Waals surface area contributed by atoms with Gasteiger partial charge < -0.3 is 10.1 Å². The zero-order valence-electron chi connectivity index (χ0n) is 16.3. The van der Waals surface area contributed by atoms with Crippen LogP contribution in [0.4, 0.5) is 5.69 Å². The molecule has 1 amide bonds. The van der Waals surface area contributed by atoms with E-state index in [1.807, 2.05) is 6.92 Å². The van der Waals surface area contributed by atoms with Crippen LogP contribution in [-0.4, -0.2) is 39.2 Å². The van der Waals surface area contributed by atoms with Crippen molar-refractivity contribution in [1.82, 2.24) is 4.72 Å². The van der Waals surface area contributed by atoms with E-state index in [0.717, 1.165) is 11.1 Å². The summed E-state index contributed by atoms with van der Waals surface area (Å²) in [5.74, 6) is -1.78. The first kappa shape index (κ1) is 22.3. The number of rotatable bonds is 8. The molecule has 0 radical (unpaired) electrons. The van der Waals surface area contributed by atoms with Gasteiger partial charge >= 0.3 is 5.97 Å². The van der Waals surface area contributed by atoms with Crippen LogP contribution in [0, 0.1) is 13.8 Å². The van der Waals surface area contributed by atoms with Crippen molar-refractivity contribution >= 4 is 33.4 Å². The lowest BCUT2D eigenvalue weighted by Crippen LogP contribution is -2.32. The molecule has 0 unspecified atom stereocenters. The first-order valence-corrected chi connectivity index (χ1v) is 10.2. The Morgan fingerprint density at radius 2 is 1.69 bits per heavy atom. The van der Waals surface area contributed by atoms with E-state index < -0.39 is 35.1 Å². The molecule has 0 spiro atoms. The van der Waals surface area contributed by atoms with Gasteiger partial charge in [0.2, 0.25) is 10.0 Å². The standard InChI is InChI=1S/C20H22N2O6S/c1-13-8-9-16(10-14(13)2)29(26,27)21-11-20(25)28-12-19(24)22-18-7-5-4-6-17(18)15(3)23/h4-10,21H,11-12H2,1-3H3,(H,22,24). The van der Waals surface area contributed by atoms with Gasteiger partial charge in [0.1, 0.15) is 6.54 Å². The molecule has 8 nitrogen and oxygen atoms in total. The van der Waals surface area contributed by atoms with Gasteiger partial charge in [-0.2, -0.15) is 4.72 Å². The number of para-hydroxylation sites is 1. The average molecular weight is 418 g/mol. The average Bonchev–Trinajstić information content (AvgIpc) is 2.67. The number of sulfonamides is 1. The number of Topliss-reactive ketones (excluding diaryl/α,β-unsaturated/α-hetero) is 1. The molecular weight excluding hydrogens is 396 g/mol. The smallest absolute Gasteiger partial charge is 0.321 e. The summed E-state index contributed by atoms with van der Waals surface area (Å²) in [7, 11) is -3.89. The van der Waals surface area contributed by atoms with Crippen molar-refractivity contribution in [2.75, 3.05) is 18.5 Å². The highest BCUT2D eigenvalue weighted by Crippen LogP contribution is 2.16. The molecule has 29 heavy (non-hydrogen) atoms. The molecule has 0 aromatic heterocycles. The summed E-state index contributed by atoms with van der Waals surface area (Å²) in [5, 5.41) is 2.48. The van der Waals surface area contributed by atoms with Crippen molar-refractivity contribution in [3.63, 3.8) is 0 Å². The van der Waals surface area contributed by atoms with Gasteiger partial charge in [0.25, 0.3) is 5.91 Å². The van der Waals surface area contributed by atoms with Crippen LogP contribution in [-0.2, 0) is 24.3 Å². The molecular formula is C20H22N2O6S. The van der Waals surface area contributed by atoms with Crippen LogP contribution in [0.15, 0.2) is 47.4 Å². The molecule has 0 aliphatic carbocycles. The summed E-state index contributed by atoms with van der Waals surface area (Å²) in [5.41, 5.74) is 2.38. The second-order valence-electron chi connectivity index (χ2n) is 6.38. The molecule has 0 saturated carbocycles. The van der Waals surface area contributed by atoms with E-state index >= 15 is 0 Å². The maximum absolute atomic E-state index is 12.3. The number of hydrogen-bond acceptors (Lipinski definition) is 6. The van der Waals surface area contributed by atoms with Crippen LogP contribution in [0.3, 0.4) is 0 Å². The van der Waals surface area contributed by atoms with E-state index in [-0.39, 0.29) is 10.7 Å². The van der Waals surface area contributed by atoms with Gasteiger partial charge in [-0.25, -0.2) is 8.42 Å². The summed E-state index contributed by atoms with van der Waals surface area (Å²) in [6.07, 6.45) is 0. The number of carbonyl (C=O) groups is 3. The maximum atomic E-state index is 12.3. The second kappa shape index (κ2) is 9.44. The summed E-state index contributed by atoms with van der Waals surface area (Å²) in [6.45, 7) is 3.78. The molecule has 0 aliphatic heterocycles. The lowest BCUT2D eigenvalue weighted by molar-refractivity contribution is -0.146. The molecule has 0 fully saturated rings. The fraction of sp³-hybridized carbons (Fsp3) is 0.250. The van der Waals surface area contributed by atoms with Gasteiger partial charge in [0, 0.05) is 5.56 Å². The highest BCUT2D eigenvalue weighted by atomic mass is 32.2. The molecule has 9 heteroatoms. The van der Waals surface area contributed by atoms with Crippen LogP contribution in [0.2, 0.25) is 0 Å². The number of aryl methyl sites for hydroxylation is 2. The fourth-order valence-corrected chi connectivity index (χ4v) is 3.45. The minimum Gasteiger partial charge on any atom is -0.455 e. The Bertz CT molecular complexity index is 1050. The quantitative estimate of drug-likeness (QED) is 0.500. The Balaban J connectivity index is 1.87. The third kappa shape index (κ3) is 6.23. The lowest BCUT2D eigenvalue weighted by atomic mass is 10.1. The third-order valence-electron chi connectivity index (χ3n) is 4.14. The highest BCUT2D eigenvalue weighted by molar-refractivity contribution is 7.89. The predicted octanol–water partition coefficient (Wildman–Crippen LogP) is 1.97. The summed E-state index contributed by atoms with van der Waals surface area (Å²) < 4.78 is 31.4. The number of nitrogens with one attached hydrogen (secondary N) is 2.